The van der Waals surface area contributed by atoms with E-state index in [1.807, 2.05) is 0 Å². The van der Waals surface area contributed by atoms with Crippen molar-refractivity contribution in [2.24, 2.45) is 10.8 Å². The van der Waals surface area contributed by atoms with Crippen LogP contribution >= 0.6 is 11.6 Å². The van der Waals surface area contributed by atoms with Gasteiger partial charge in [0.15, 0.2) is 24.2 Å². The number of benzene rings is 1. The number of carbonyl (C=O) groups excluding carboxylic acids is 3. The van der Waals surface area contributed by atoms with Crippen LogP contribution in [0.25, 0.3) is 16.9 Å². The van der Waals surface area contributed by atoms with E-state index in [9.17, 15) is 24.0 Å². The van der Waals surface area contributed by atoms with Crippen LogP contribution in [0.5, 0.6) is 0 Å². The van der Waals surface area contributed by atoms with Crippen molar-refractivity contribution < 1.29 is 23.9 Å². The molecule has 3 rings (SSSR count). The number of esters is 2. The number of aldehydes is 1. The highest BCUT2D eigenvalue weighted by Gasteiger charge is 2.33. The molecular weight excluding hydrogens is 492 g/mol. The molecule has 2 heterocycles. The van der Waals surface area contributed by atoms with Crippen LogP contribution in [0.3, 0.4) is 0 Å². The van der Waals surface area contributed by atoms with Crippen LogP contribution in [-0.4, -0.2) is 44.0 Å². The van der Waals surface area contributed by atoms with E-state index in [0.29, 0.717) is 6.29 Å². The highest BCUT2D eigenvalue weighted by Crippen LogP contribution is 2.26. The third-order valence-corrected chi connectivity index (χ3v) is 5.77. The number of aromatic nitrogens is 4. The molecular formula is C24H27ClN4O7. The Hall–Kier alpha value is -3.73. The van der Waals surface area contributed by atoms with E-state index >= 15 is 0 Å². The summed E-state index contributed by atoms with van der Waals surface area (Å²) in [6.07, 6.45) is 0.595. The predicted molar refractivity (Wildman–Crippen MR) is 131 cm³/mol. The minimum atomic E-state index is -1.20. The molecule has 0 unspecified atom stereocenters. The summed E-state index contributed by atoms with van der Waals surface area (Å²) in [6.45, 7) is 7.10. The molecule has 0 N–H and O–H groups in total. The molecule has 3 aromatic rings. The zero-order valence-electron chi connectivity index (χ0n) is 20.8. The van der Waals surface area contributed by atoms with Crippen molar-refractivity contribution in [2.75, 3.05) is 7.11 Å². The van der Waals surface area contributed by atoms with Crippen molar-refractivity contribution in [2.45, 2.75) is 47.9 Å². The van der Waals surface area contributed by atoms with Crippen LogP contribution in [0, 0.1) is 10.8 Å². The van der Waals surface area contributed by atoms with E-state index in [2.05, 4.69) is 4.98 Å². The van der Waals surface area contributed by atoms with E-state index in [0.717, 1.165) is 9.13 Å². The van der Waals surface area contributed by atoms with Gasteiger partial charge in [-0.1, -0.05) is 12.1 Å². The zero-order valence-corrected chi connectivity index (χ0v) is 21.6. The molecule has 0 amide bonds. The van der Waals surface area contributed by atoms with E-state index in [-0.39, 0.29) is 34.2 Å². The van der Waals surface area contributed by atoms with Crippen molar-refractivity contribution in [1.29, 1.82) is 0 Å². The maximum atomic E-state index is 13.6. The van der Waals surface area contributed by atoms with Gasteiger partial charge < -0.3 is 9.47 Å². The predicted octanol–water partition coefficient (Wildman–Crippen LogP) is 2.56. The SMILES string of the molecule is COC(=O)C(C)(C)Cn1c(=O)n(COC(=O)C(C)(C)C)c(=O)c2c1nc(Cl)n2-c1ccccc1C=O. The molecule has 11 nitrogen and oxygen atoms in total. The van der Waals surface area contributed by atoms with Gasteiger partial charge >= 0.3 is 17.6 Å². The Balaban J connectivity index is 2.37. The number of nitrogens with zero attached hydrogens (tertiary/aromatic N) is 4. The first-order valence-electron chi connectivity index (χ1n) is 11.0. The van der Waals surface area contributed by atoms with Gasteiger partial charge in [0.2, 0.25) is 5.28 Å². The second-order valence-corrected chi connectivity index (χ2v) is 10.2. The Morgan fingerprint density at radius 1 is 1.06 bits per heavy atom. The summed E-state index contributed by atoms with van der Waals surface area (Å²) in [4.78, 5) is 67.7. The number of fused-ring (bicyclic) bond motifs is 1. The highest BCUT2D eigenvalue weighted by molar-refractivity contribution is 6.29. The summed E-state index contributed by atoms with van der Waals surface area (Å²) in [6, 6.07) is 6.38. The second kappa shape index (κ2) is 9.73. The first-order valence-corrected chi connectivity index (χ1v) is 11.3. The topological polar surface area (TPSA) is 131 Å². The molecule has 0 aliphatic rings. The summed E-state index contributed by atoms with van der Waals surface area (Å²) in [5.74, 6) is -1.23. The van der Waals surface area contributed by atoms with Crippen LogP contribution in [0.1, 0.15) is 45.0 Å². The maximum Gasteiger partial charge on any atom is 0.335 e. The van der Waals surface area contributed by atoms with Crippen molar-refractivity contribution in [3.05, 3.63) is 56.0 Å². The molecule has 0 bridgehead atoms. The molecule has 0 saturated carbocycles. The molecule has 12 heteroatoms. The first-order chi connectivity index (χ1) is 16.7. The van der Waals surface area contributed by atoms with Gasteiger partial charge in [-0.2, -0.15) is 4.98 Å². The van der Waals surface area contributed by atoms with E-state index in [1.54, 1.807) is 52.8 Å². The third kappa shape index (κ3) is 4.83. The monoisotopic (exact) mass is 518 g/mol. The second-order valence-electron chi connectivity index (χ2n) is 9.85. The minimum absolute atomic E-state index is 0.105. The molecule has 0 spiro atoms. The van der Waals surface area contributed by atoms with Gasteiger partial charge in [0, 0.05) is 12.1 Å². The summed E-state index contributed by atoms with van der Waals surface area (Å²) in [5, 5.41) is -0.190. The average molecular weight is 519 g/mol. The fourth-order valence-electron chi connectivity index (χ4n) is 3.56. The van der Waals surface area contributed by atoms with Gasteiger partial charge in [-0.25, -0.2) is 9.36 Å². The standard InChI is InChI=1S/C24H27ClN4O7/c1-23(2,3)19(32)36-13-28-18(31)16-17(27(22(28)34)12-24(4,5)20(33)35-6)26-21(25)29(16)15-10-8-7-9-14(15)11-30/h7-11H,12-13H2,1-6H3. The number of methoxy groups -OCH3 is 1. The largest absolute Gasteiger partial charge is 0.469 e. The number of carbonyl (C=O) groups is 3. The normalized spacial score (nSPS) is 12.0. The maximum absolute atomic E-state index is 13.6. The van der Waals surface area contributed by atoms with Crippen LogP contribution < -0.4 is 11.2 Å². The summed E-state index contributed by atoms with van der Waals surface area (Å²) >= 11 is 6.42. The van der Waals surface area contributed by atoms with Crippen molar-refractivity contribution in [3.63, 3.8) is 0 Å². The lowest BCUT2D eigenvalue weighted by molar-refractivity contribution is -0.157. The van der Waals surface area contributed by atoms with Gasteiger partial charge in [-0.15, -0.1) is 0 Å². The molecule has 0 atom stereocenters. The van der Waals surface area contributed by atoms with Crippen molar-refractivity contribution in [3.8, 4) is 5.69 Å². The molecule has 0 aliphatic heterocycles. The number of hydrogen-bond acceptors (Lipinski definition) is 8. The Morgan fingerprint density at radius 2 is 1.69 bits per heavy atom. The van der Waals surface area contributed by atoms with Crippen LogP contribution in [-0.2, 0) is 32.3 Å². The molecule has 2 aromatic heterocycles. The van der Waals surface area contributed by atoms with E-state index in [4.69, 9.17) is 21.1 Å². The Kier molecular flexibility index (Phi) is 7.26. The number of imidazole rings is 1. The molecule has 0 aliphatic carbocycles. The van der Waals surface area contributed by atoms with Crippen LogP contribution in [0.15, 0.2) is 33.9 Å². The average Bonchev–Trinajstić information content (AvgIpc) is 3.17. The Morgan fingerprint density at radius 3 is 2.28 bits per heavy atom. The van der Waals surface area contributed by atoms with E-state index in [1.165, 1.54) is 17.7 Å². The van der Waals surface area contributed by atoms with Gasteiger partial charge in [0.1, 0.15) is 0 Å². The molecule has 0 fully saturated rings. The molecule has 0 saturated heterocycles. The van der Waals surface area contributed by atoms with Gasteiger partial charge in [0.25, 0.3) is 5.56 Å². The van der Waals surface area contributed by atoms with E-state index < -0.39 is 40.7 Å². The Labute approximate surface area is 211 Å². The smallest absolute Gasteiger partial charge is 0.335 e. The minimum Gasteiger partial charge on any atom is -0.469 e. The lowest BCUT2D eigenvalue weighted by atomic mass is 9.93. The lowest BCUT2D eigenvalue weighted by Crippen LogP contribution is -2.45. The fourth-order valence-corrected chi connectivity index (χ4v) is 3.81. The Bertz CT molecular complexity index is 1470. The van der Waals surface area contributed by atoms with Crippen molar-refractivity contribution >= 4 is 41.0 Å². The van der Waals surface area contributed by atoms with Crippen LogP contribution in [0.2, 0.25) is 5.28 Å². The van der Waals surface area contributed by atoms with Gasteiger partial charge in [-0.05, 0) is 58.4 Å². The molecule has 192 valence electrons. The highest BCUT2D eigenvalue weighted by atomic mass is 35.5. The number of halogens is 1. The number of rotatable bonds is 7. The molecule has 0 radical (unpaired) electrons. The fraction of sp³-hybridized carbons (Fsp3) is 0.417. The first kappa shape index (κ1) is 26.9. The van der Waals surface area contributed by atoms with Gasteiger partial charge in [-0.3, -0.25) is 28.3 Å². The number of ether oxygens (including phenoxy) is 2. The summed E-state index contributed by atoms with van der Waals surface area (Å²) in [5.41, 5.74) is -3.56. The quantitative estimate of drug-likeness (QED) is 0.265. The molecule has 36 heavy (non-hydrogen) atoms. The number of para-hydroxylation sites is 1. The zero-order chi connectivity index (χ0) is 27.0. The summed E-state index contributed by atoms with van der Waals surface area (Å²) < 4.78 is 13.2. The summed E-state index contributed by atoms with van der Waals surface area (Å²) in [7, 11) is 1.22. The number of hydrogen-bond donors (Lipinski definition) is 0. The van der Waals surface area contributed by atoms with Crippen molar-refractivity contribution in [1.82, 2.24) is 18.7 Å². The molecule has 1 aromatic carbocycles. The van der Waals surface area contributed by atoms with Gasteiger partial charge in [0.05, 0.1) is 23.6 Å². The van der Waals surface area contributed by atoms with Crippen LogP contribution in [0.4, 0.5) is 0 Å². The lowest BCUT2D eigenvalue weighted by Gasteiger charge is -2.23. The third-order valence-electron chi connectivity index (χ3n) is 5.52.